The number of carbonyl (C=O) groups is 3. The maximum absolute atomic E-state index is 13.7. The molecule has 47 heavy (non-hydrogen) atoms. The molecule has 3 aromatic heterocycles. The summed E-state index contributed by atoms with van der Waals surface area (Å²) in [5.74, 6) is -0.372. The van der Waals surface area contributed by atoms with Crippen molar-refractivity contribution in [1.82, 2.24) is 34.4 Å². The minimum Gasteiger partial charge on any atom is -0.483 e. The molecule has 1 fully saturated rings. The van der Waals surface area contributed by atoms with E-state index in [-0.39, 0.29) is 42.1 Å². The first-order valence-corrected chi connectivity index (χ1v) is 14.4. The molecule has 4 aromatic rings. The molecule has 2 amide bonds. The lowest BCUT2D eigenvalue weighted by Crippen LogP contribution is -2.46. The molecule has 1 aromatic carbocycles. The lowest BCUT2D eigenvalue weighted by molar-refractivity contribution is -0.141. The molecule has 0 radical (unpaired) electrons. The van der Waals surface area contributed by atoms with Crippen LogP contribution in [0, 0.1) is 0 Å². The van der Waals surface area contributed by atoms with Gasteiger partial charge >= 0.3 is 6.18 Å². The smallest absolute Gasteiger partial charge is 0.435 e. The number of likely N-dealkylation sites (tertiary alicyclic amines) is 1. The number of aromatic nitrogens is 5. The summed E-state index contributed by atoms with van der Waals surface area (Å²) in [6, 6.07) is 5.05. The van der Waals surface area contributed by atoms with Gasteiger partial charge in [0.05, 0.1) is 24.0 Å². The van der Waals surface area contributed by atoms with Gasteiger partial charge in [0.2, 0.25) is 5.91 Å². The molecule has 5 N–H and O–H groups in total. The maximum atomic E-state index is 13.7. The van der Waals surface area contributed by atoms with Crippen molar-refractivity contribution >= 4 is 35.4 Å². The van der Waals surface area contributed by atoms with Crippen molar-refractivity contribution in [3.05, 3.63) is 59.8 Å². The first-order valence-electron chi connectivity index (χ1n) is 14.4. The van der Waals surface area contributed by atoms with E-state index in [0.717, 1.165) is 19.0 Å². The quantitative estimate of drug-likeness (QED) is 0.154. The van der Waals surface area contributed by atoms with Gasteiger partial charge in [-0.3, -0.25) is 23.5 Å². The van der Waals surface area contributed by atoms with Gasteiger partial charge in [0, 0.05) is 49.0 Å². The second kappa shape index (κ2) is 15.0. The molecule has 13 nitrogen and oxygen atoms in total. The number of nitrogens with two attached hydrogens (primary N) is 1. The van der Waals surface area contributed by atoms with Gasteiger partial charge in [0.15, 0.2) is 17.2 Å². The number of carboxylic acid groups (broad SMARTS) is 1. The lowest BCUT2D eigenvalue weighted by atomic mass is 10.0. The van der Waals surface area contributed by atoms with Crippen molar-refractivity contribution in [2.45, 2.75) is 51.4 Å². The third-order valence-corrected chi connectivity index (χ3v) is 7.35. The second-order valence-corrected chi connectivity index (χ2v) is 10.5. The average Bonchev–Trinajstić information content (AvgIpc) is 3.65. The molecule has 1 aliphatic heterocycles. The summed E-state index contributed by atoms with van der Waals surface area (Å²) < 4.78 is 68.9. The van der Waals surface area contributed by atoms with Crippen LogP contribution in [0.2, 0.25) is 0 Å². The highest BCUT2D eigenvalue weighted by Crippen LogP contribution is 2.37. The zero-order chi connectivity index (χ0) is 34.3. The number of fused-ring (bicyclic) bond motifs is 1. The van der Waals surface area contributed by atoms with Crippen LogP contribution >= 0.6 is 0 Å². The SMILES string of the molecule is CCc1cc(Nc2nccn3c(-c4cn(CC(F)F)nc4C(F)(F)F)cnc23)ccc1C(=O)NCC(=O)N1CCC(N)CC1.O=CO. The van der Waals surface area contributed by atoms with E-state index < -0.39 is 36.3 Å². The molecule has 1 aliphatic rings. The Morgan fingerprint density at radius 1 is 1.19 bits per heavy atom. The fourth-order valence-electron chi connectivity index (χ4n) is 5.09. The molecule has 252 valence electrons. The van der Waals surface area contributed by atoms with Gasteiger partial charge in [-0.25, -0.2) is 18.7 Å². The summed E-state index contributed by atoms with van der Waals surface area (Å²) in [4.78, 5) is 44.0. The highest BCUT2D eigenvalue weighted by molar-refractivity contribution is 5.98. The summed E-state index contributed by atoms with van der Waals surface area (Å²) in [6.45, 7) is 1.60. The highest BCUT2D eigenvalue weighted by atomic mass is 19.4. The van der Waals surface area contributed by atoms with E-state index in [1.165, 1.54) is 23.0 Å². The number of piperidine rings is 1. The Bertz CT molecular complexity index is 1720. The molecule has 5 rings (SSSR count). The third-order valence-electron chi connectivity index (χ3n) is 7.35. The van der Waals surface area contributed by atoms with Crippen LogP contribution in [0.25, 0.3) is 16.9 Å². The number of imidazole rings is 1. The van der Waals surface area contributed by atoms with E-state index in [4.69, 9.17) is 15.6 Å². The van der Waals surface area contributed by atoms with Gasteiger partial charge in [-0.2, -0.15) is 18.3 Å². The zero-order valence-corrected chi connectivity index (χ0v) is 25.0. The van der Waals surface area contributed by atoms with Crippen LogP contribution in [-0.4, -0.2) is 84.5 Å². The van der Waals surface area contributed by atoms with Crippen LogP contribution in [0.4, 0.5) is 33.5 Å². The Labute approximate surface area is 264 Å². The van der Waals surface area contributed by atoms with Gasteiger partial charge < -0.3 is 26.4 Å². The van der Waals surface area contributed by atoms with Crippen LogP contribution in [0.1, 0.15) is 41.4 Å². The predicted octanol–water partition coefficient (Wildman–Crippen LogP) is 3.56. The Morgan fingerprint density at radius 2 is 1.89 bits per heavy atom. The first-order chi connectivity index (χ1) is 22.4. The molecule has 0 spiro atoms. The van der Waals surface area contributed by atoms with Gasteiger partial charge in [0.25, 0.3) is 18.8 Å². The molecule has 0 atom stereocenters. The van der Waals surface area contributed by atoms with E-state index in [9.17, 15) is 31.5 Å². The molecule has 0 unspecified atom stereocenters. The Hall–Kier alpha value is -5.13. The number of nitrogens with one attached hydrogen (secondary N) is 2. The first kappa shape index (κ1) is 34.7. The number of anilines is 2. The number of carbonyl (C=O) groups excluding carboxylic acids is 2. The van der Waals surface area contributed by atoms with Crippen LogP contribution < -0.4 is 16.4 Å². The van der Waals surface area contributed by atoms with E-state index in [1.807, 2.05) is 6.92 Å². The fraction of sp³-hybridized carbons (Fsp3) is 0.379. The molecule has 0 saturated carbocycles. The number of rotatable bonds is 9. The summed E-state index contributed by atoms with van der Waals surface area (Å²) in [5.41, 5.74) is 5.94. The van der Waals surface area contributed by atoms with Crippen LogP contribution in [-0.2, 0) is 28.7 Å². The fourth-order valence-corrected chi connectivity index (χ4v) is 5.09. The molecular formula is C29H32F5N9O4. The number of nitrogens with zero attached hydrogens (tertiary/aromatic N) is 6. The van der Waals surface area contributed by atoms with E-state index in [0.29, 0.717) is 41.0 Å². The number of benzene rings is 1. The Kier molecular flexibility index (Phi) is 11.1. The summed E-state index contributed by atoms with van der Waals surface area (Å²) >= 11 is 0. The van der Waals surface area contributed by atoms with E-state index in [2.05, 4.69) is 25.7 Å². The van der Waals surface area contributed by atoms with Crippen molar-refractivity contribution in [3.8, 4) is 11.3 Å². The van der Waals surface area contributed by atoms with E-state index in [1.54, 1.807) is 23.1 Å². The lowest BCUT2D eigenvalue weighted by Gasteiger charge is -2.30. The standard InChI is InChI=1S/C28H30F5N9O2.CH2O2/c1-2-16-11-18(3-4-19(16)27(44)37-13-23(43)40-8-5-17(34)6-9-40)38-25-26-36-12-21(42(26)10-7-35-25)20-14-41(15-22(29)30)39-24(20)28(31,32)33;2-1-3/h3-4,7,10-12,14,17,22H,2,5-6,8-9,13,15,34H2,1H3,(H,35,38)(H,37,44);1H,(H,2,3). The number of halogens is 5. The molecular weight excluding hydrogens is 633 g/mol. The normalized spacial score (nSPS) is 13.7. The largest absolute Gasteiger partial charge is 0.483 e. The predicted molar refractivity (Wildman–Crippen MR) is 159 cm³/mol. The molecule has 18 heteroatoms. The van der Waals surface area contributed by atoms with Gasteiger partial charge in [-0.15, -0.1) is 0 Å². The maximum Gasteiger partial charge on any atom is 0.435 e. The number of amides is 2. The monoisotopic (exact) mass is 665 g/mol. The third kappa shape index (κ3) is 8.37. The van der Waals surface area contributed by atoms with Gasteiger partial charge in [-0.1, -0.05) is 6.92 Å². The number of alkyl halides is 5. The Balaban J connectivity index is 0.00000160. The van der Waals surface area contributed by atoms with Crippen molar-refractivity contribution in [2.24, 2.45) is 5.73 Å². The zero-order valence-electron chi connectivity index (χ0n) is 25.0. The summed E-state index contributed by atoms with van der Waals surface area (Å²) in [7, 11) is 0. The molecule has 1 saturated heterocycles. The number of aryl methyl sites for hydroxylation is 1. The second-order valence-electron chi connectivity index (χ2n) is 10.5. The minimum atomic E-state index is -4.89. The highest BCUT2D eigenvalue weighted by Gasteiger charge is 2.38. The summed E-state index contributed by atoms with van der Waals surface area (Å²) in [6.07, 6.45) is -0.993. The van der Waals surface area contributed by atoms with Crippen molar-refractivity contribution < 1.29 is 41.4 Å². The van der Waals surface area contributed by atoms with Crippen LogP contribution in [0.15, 0.2) is 43.0 Å². The van der Waals surface area contributed by atoms with Gasteiger partial charge in [0.1, 0.15) is 6.54 Å². The topological polar surface area (TPSA) is 173 Å². The van der Waals surface area contributed by atoms with Crippen LogP contribution in [0.5, 0.6) is 0 Å². The Morgan fingerprint density at radius 3 is 2.53 bits per heavy atom. The average molecular weight is 666 g/mol. The molecule has 0 aliphatic carbocycles. The van der Waals surface area contributed by atoms with Crippen LogP contribution in [0.3, 0.4) is 0 Å². The molecule has 4 heterocycles. The van der Waals surface area contributed by atoms with E-state index >= 15 is 0 Å². The number of hydrogen-bond donors (Lipinski definition) is 4. The van der Waals surface area contributed by atoms with Crippen molar-refractivity contribution in [1.29, 1.82) is 0 Å². The summed E-state index contributed by atoms with van der Waals surface area (Å²) in [5, 5.41) is 16.0. The number of hydrogen-bond acceptors (Lipinski definition) is 8. The molecule has 0 bridgehead atoms. The minimum absolute atomic E-state index is 0.0125. The van der Waals surface area contributed by atoms with Crippen molar-refractivity contribution in [3.63, 3.8) is 0 Å². The van der Waals surface area contributed by atoms with Gasteiger partial charge in [-0.05, 0) is 43.0 Å². The van der Waals surface area contributed by atoms with Crippen molar-refractivity contribution in [2.75, 3.05) is 25.0 Å².